The first kappa shape index (κ1) is 15.3. The van der Waals surface area contributed by atoms with Gasteiger partial charge in [-0.25, -0.2) is 9.78 Å². The quantitative estimate of drug-likeness (QED) is 0.839. The minimum Gasteiger partial charge on any atom is -0.444 e. The van der Waals surface area contributed by atoms with E-state index in [2.05, 4.69) is 9.93 Å². The van der Waals surface area contributed by atoms with Crippen LogP contribution in [0.5, 0.6) is 5.75 Å². The standard InChI is InChI=1S/C14H20FN3O3/c1-14(2,3)20-13(19)18-8-6-17(7-9-18)12-10-11(21-15)4-5-16-12/h4-5,10H,6-9H2,1-3H3. The lowest BCUT2D eigenvalue weighted by Gasteiger charge is -2.36. The number of rotatable bonds is 2. The Balaban J connectivity index is 1.92. The van der Waals surface area contributed by atoms with Gasteiger partial charge in [-0.1, -0.05) is 0 Å². The molecule has 1 aromatic heterocycles. The van der Waals surface area contributed by atoms with Crippen LogP contribution < -0.4 is 9.84 Å². The average Bonchev–Trinajstić information content (AvgIpc) is 2.46. The number of piperazine rings is 1. The molecule has 0 saturated carbocycles. The van der Waals surface area contributed by atoms with E-state index in [0.717, 1.165) is 0 Å². The number of carbonyl (C=O) groups excluding carboxylic acids is 1. The maximum Gasteiger partial charge on any atom is 0.410 e. The third-order valence-electron chi connectivity index (χ3n) is 3.06. The number of ether oxygens (including phenoxy) is 1. The number of halogens is 1. The molecule has 0 atom stereocenters. The number of anilines is 1. The summed E-state index contributed by atoms with van der Waals surface area (Å²) in [7, 11) is 0. The van der Waals surface area contributed by atoms with Crippen molar-refractivity contribution >= 4 is 11.9 Å². The molecule has 1 aliphatic rings. The zero-order valence-electron chi connectivity index (χ0n) is 12.5. The van der Waals surface area contributed by atoms with E-state index >= 15 is 0 Å². The Bertz CT molecular complexity index is 496. The van der Waals surface area contributed by atoms with Crippen LogP contribution in [0.15, 0.2) is 18.3 Å². The van der Waals surface area contributed by atoms with Gasteiger partial charge < -0.3 is 14.5 Å². The highest BCUT2D eigenvalue weighted by atomic mass is 19.3. The van der Waals surface area contributed by atoms with Gasteiger partial charge >= 0.3 is 6.09 Å². The highest BCUT2D eigenvalue weighted by Crippen LogP contribution is 2.20. The molecule has 21 heavy (non-hydrogen) atoms. The van der Waals surface area contributed by atoms with Gasteiger partial charge in [0.05, 0.1) is 0 Å². The summed E-state index contributed by atoms with van der Waals surface area (Å²) in [6.45, 7) is 7.83. The molecule has 0 radical (unpaired) electrons. The van der Waals surface area contributed by atoms with Crippen molar-refractivity contribution in [2.75, 3.05) is 31.1 Å². The smallest absolute Gasteiger partial charge is 0.410 e. The fourth-order valence-corrected chi connectivity index (χ4v) is 2.07. The zero-order valence-corrected chi connectivity index (χ0v) is 12.5. The first-order valence-electron chi connectivity index (χ1n) is 6.86. The molecule has 116 valence electrons. The second kappa shape index (κ2) is 6.15. The lowest BCUT2D eigenvalue weighted by Crippen LogP contribution is -2.50. The second-order valence-electron chi connectivity index (χ2n) is 5.88. The maximum atomic E-state index is 12.2. The summed E-state index contributed by atoms with van der Waals surface area (Å²) in [5.74, 6) is 0.753. The fourth-order valence-electron chi connectivity index (χ4n) is 2.07. The van der Waals surface area contributed by atoms with E-state index in [4.69, 9.17) is 4.74 Å². The van der Waals surface area contributed by atoms with Gasteiger partial charge in [0.2, 0.25) is 0 Å². The molecule has 1 fully saturated rings. The van der Waals surface area contributed by atoms with Crippen LogP contribution >= 0.6 is 0 Å². The summed E-state index contributed by atoms with van der Waals surface area (Å²) in [4.78, 5) is 23.5. The van der Waals surface area contributed by atoms with Crippen LogP contribution in [0.3, 0.4) is 0 Å². The van der Waals surface area contributed by atoms with Gasteiger partial charge in [0.25, 0.3) is 0 Å². The zero-order chi connectivity index (χ0) is 15.5. The Hall–Kier alpha value is -2.05. The van der Waals surface area contributed by atoms with Crippen molar-refractivity contribution in [2.24, 2.45) is 0 Å². The molecule has 2 heterocycles. The highest BCUT2D eigenvalue weighted by molar-refractivity contribution is 5.68. The molecule has 0 N–H and O–H groups in total. The van der Waals surface area contributed by atoms with Crippen LogP contribution in [0.4, 0.5) is 15.1 Å². The molecule has 0 aromatic carbocycles. The van der Waals surface area contributed by atoms with E-state index in [0.29, 0.717) is 32.0 Å². The average molecular weight is 297 g/mol. The summed E-state index contributed by atoms with van der Waals surface area (Å²) in [5, 5.41) is 0. The van der Waals surface area contributed by atoms with Crippen molar-refractivity contribution in [2.45, 2.75) is 26.4 Å². The number of aromatic nitrogens is 1. The predicted molar refractivity (Wildman–Crippen MR) is 76.0 cm³/mol. The van der Waals surface area contributed by atoms with Gasteiger partial charge in [-0.2, -0.15) is 0 Å². The molecular weight excluding hydrogens is 277 g/mol. The van der Waals surface area contributed by atoms with E-state index in [1.165, 1.54) is 18.3 Å². The van der Waals surface area contributed by atoms with Crippen LogP contribution in [-0.2, 0) is 4.74 Å². The highest BCUT2D eigenvalue weighted by Gasteiger charge is 2.26. The van der Waals surface area contributed by atoms with Crippen LogP contribution in [0.25, 0.3) is 0 Å². The number of hydrogen-bond acceptors (Lipinski definition) is 5. The van der Waals surface area contributed by atoms with Gasteiger partial charge in [-0.05, 0) is 20.8 Å². The topological polar surface area (TPSA) is 54.9 Å². The van der Waals surface area contributed by atoms with Crippen molar-refractivity contribution in [3.63, 3.8) is 0 Å². The van der Waals surface area contributed by atoms with Crippen LogP contribution in [0.2, 0.25) is 0 Å². The summed E-state index contributed by atoms with van der Waals surface area (Å²) in [6, 6.07) is 2.98. The Labute approximate surface area is 123 Å². The number of amides is 1. The lowest BCUT2D eigenvalue weighted by atomic mass is 10.2. The molecule has 6 nitrogen and oxygen atoms in total. The normalized spacial score (nSPS) is 15.8. The maximum absolute atomic E-state index is 12.2. The lowest BCUT2D eigenvalue weighted by molar-refractivity contribution is -0.00626. The van der Waals surface area contributed by atoms with Crippen molar-refractivity contribution in [1.82, 2.24) is 9.88 Å². The van der Waals surface area contributed by atoms with E-state index in [-0.39, 0.29) is 11.8 Å². The second-order valence-corrected chi connectivity index (χ2v) is 5.88. The van der Waals surface area contributed by atoms with Crippen molar-refractivity contribution in [3.05, 3.63) is 18.3 Å². The molecule has 0 unspecified atom stereocenters. The van der Waals surface area contributed by atoms with E-state index in [9.17, 15) is 9.32 Å². The van der Waals surface area contributed by atoms with E-state index < -0.39 is 5.60 Å². The molecule has 0 aliphatic carbocycles. The van der Waals surface area contributed by atoms with E-state index in [1.54, 1.807) is 4.90 Å². The third-order valence-corrected chi connectivity index (χ3v) is 3.06. The number of pyridine rings is 1. The molecule has 1 saturated heterocycles. The fraction of sp³-hybridized carbons (Fsp3) is 0.571. The summed E-state index contributed by atoms with van der Waals surface area (Å²) >= 11 is 0. The molecular formula is C14H20FN3O3. The van der Waals surface area contributed by atoms with Crippen molar-refractivity contribution < 1.29 is 19.0 Å². The van der Waals surface area contributed by atoms with Crippen molar-refractivity contribution in [3.8, 4) is 5.75 Å². The molecule has 0 spiro atoms. The first-order valence-corrected chi connectivity index (χ1v) is 6.86. The number of nitrogens with zero attached hydrogens (tertiary/aromatic N) is 3. The minimum absolute atomic E-state index is 0.120. The van der Waals surface area contributed by atoms with E-state index in [1.807, 2.05) is 25.7 Å². The Kier molecular flexibility index (Phi) is 4.50. The minimum atomic E-state index is -0.497. The Morgan fingerprint density at radius 3 is 2.52 bits per heavy atom. The van der Waals surface area contributed by atoms with Crippen molar-refractivity contribution in [1.29, 1.82) is 0 Å². The number of carbonyl (C=O) groups is 1. The van der Waals surface area contributed by atoms with Crippen LogP contribution in [0.1, 0.15) is 20.8 Å². The van der Waals surface area contributed by atoms with Crippen LogP contribution in [0, 0.1) is 0 Å². The van der Waals surface area contributed by atoms with Gasteiger partial charge in [0.1, 0.15) is 11.4 Å². The molecule has 2 rings (SSSR count). The molecule has 1 aromatic rings. The monoisotopic (exact) mass is 297 g/mol. The summed E-state index contributed by atoms with van der Waals surface area (Å²) < 4.78 is 17.5. The summed E-state index contributed by atoms with van der Waals surface area (Å²) in [6.07, 6.45) is 1.18. The molecule has 1 amide bonds. The molecule has 1 aliphatic heterocycles. The molecule has 7 heteroatoms. The Morgan fingerprint density at radius 1 is 1.29 bits per heavy atom. The molecule has 0 bridgehead atoms. The SMILES string of the molecule is CC(C)(C)OC(=O)N1CCN(c2cc(OF)ccn2)CC1. The summed E-state index contributed by atoms with van der Waals surface area (Å²) in [5.41, 5.74) is -0.497. The third kappa shape index (κ3) is 4.21. The van der Waals surface area contributed by atoms with Gasteiger partial charge in [0, 0.05) is 49.0 Å². The predicted octanol–water partition coefficient (Wildman–Crippen LogP) is 2.40. The van der Waals surface area contributed by atoms with Gasteiger partial charge in [0.15, 0.2) is 5.75 Å². The van der Waals surface area contributed by atoms with Gasteiger partial charge in [-0.3, -0.25) is 4.94 Å². The number of hydrogen-bond donors (Lipinski definition) is 0. The van der Waals surface area contributed by atoms with Gasteiger partial charge in [-0.15, -0.1) is 0 Å². The Morgan fingerprint density at radius 2 is 1.95 bits per heavy atom. The first-order chi connectivity index (χ1) is 9.89. The van der Waals surface area contributed by atoms with Crippen LogP contribution in [-0.4, -0.2) is 47.8 Å². The largest absolute Gasteiger partial charge is 0.444 e.